The summed E-state index contributed by atoms with van der Waals surface area (Å²) in [5.41, 5.74) is 4.16. The first kappa shape index (κ1) is 15.5. The van der Waals surface area contributed by atoms with Crippen LogP contribution in [0.25, 0.3) is 10.9 Å². The van der Waals surface area contributed by atoms with E-state index in [1.54, 1.807) is 0 Å². The van der Waals surface area contributed by atoms with Crippen molar-refractivity contribution in [3.8, 4) is 0 Å². The monoisotopic (exact) mass is 318 g/mol. The van der Waals surface area contributed by atoms with Crippen molar-refractivity contribution in [2.75, 3.05) is 0 Å². The van der Waals surface area contributed by atoms with E-state index in [9.17, 15) is 0 Å². The number of hydrogen-bond acceptors (Lipinski definition) is 1. The molecule has 124 valence electrons. The van der Waals surface area contributed by atoms with Crippen LogP contribution in [0.3, 0.4) is 0 Å². The van der Waals surface area contributed by atoms with Crippen molar-refractivity contribution >= 4 is 10.9 Å². The molecule has 0 spiro atoms. The van der Waals surface area contributed by atoms with Crippen molar-refractivity contribution < 1.29 is 0 Å². The predicted octanol–water partition coefficient (Wildman–Crippen LogP) is 5.00. The zero-order chi connectivity index (χ0) is 16.5. The van der Waals surface area contributed by atoms with Crippen LogP contribution >= 0.6 is 0 Å². The van der Waals surface area contributed by atoms with Crippen LogP contribution in [-0.4, -0.2) is 21.6 Å². The molecule has 2 atom stereocenters. The lowest BCUT2D eigenvalue weighted by atomic mass is 10.1. The van der Waals surface area contributed by atoms with Crippen molar-refractivity contribution in [2.24, 2.45) is 0 Å². The van der Waals surface area contributed by atoms with Crippen LogP contribution in [0.2, 0.25) is 0 Å². The lowest BCUT2D eigenvalue weighted by Gasteiger charge is -2.29. The minimum atomic E-state index is 0.620. The maximum absolute atomic E-state index is 2.70. The molecule has 2 nitrogen and oxygen atoms in total. The third-order valence-electron chi connectivity index (χ3n) is 5.57. The summed E-state index contributed by atoms with van der Waals surface area (Å²) in [6.07, 6.45) is 2.59. The Balaban J connectivity index is 1.59. The molecule has 2 heterocycles. The average Bonchev–Trinajstić information content (AvgIpc) is 3.10. The third-order valence-corrected chi connectivity index (χ3v) is 5.57. The highest BCUT2D eigenvalue weighted by molar-refractivity contribution is 5.81. The second kappa shape index (κ2) is 6.45. The van der Waals surface area contributed by atoms with Gasteiger partial charge in [0.05, 0.1) is 0 Å². The number of para-hydroxylation sites is 1. The maximum Gasteiger partial charge on any atom is 0.0482 e. The number of rotatable bonds is 4. The molecular weight excluding hydrogens is 292 g/mol. The molecule has 2 aromatic carbocycles. The van der Waals surface area contributed by atoms with Gasteiger partial charge < -0.3 is 4.57 Å². The first-order valence-corrected chi connectivity index (χ1v) is 9.07. The SMILES string of the molecule is Cc1cc2ccccc2n1CC1CCC(C)N1Cc1ccccc1. The Kier molecular flexibility index (Phi) is 4.15. The van der Waals surface area contributed by atoms with E-state index in [-0.39, 0.29) is 0 Å². The van der Waals surface area contributed by atoms with Crippen LogP contribution in [0.1, 0.15) is 31.0 Å². The van der Waals surface area contributed by atoms with Gasteiger partial charge in [0.1, 0.15) is 0 Å². The molecule has 1 fully saturated rings. The fourth-order valence-electron chi connectivity index (χ4n) is 4.20. The van der Waals surface area contributed by atoms with Gasteiger partial charge in [0.25, 0.3) is 0 Å². The first-order chi connectivity index (χ1) is 11.7. The van der Waals surface area contributed by atoms with Gasteiger partial charge in [-0.2, -0.15) is 0 Å². The van der Waals surface area contributed by atoms with Crippen LogP contribution in [0, 0.1) is 6.92 Å². The second-order valence-electron chi connectivity index (χ2n) is 7.19. The zero-order valence-corrected chi connectivity index (χ0v) is 14.7. The molecule has 0 saturated carbocycles. The number of aromatic nitrogens is 1. The van der Waals surface area contributed by atoms with Gasteiger partial charge in [0.15, 0.2) is 0 Å². The van der Waals surface area contributed by atoms with Crippen molar-refractivity contribution in [1.29, 1.82) is 0 Å². The lowest BCUT2D eigenvalue weighted by Crippen LogP contribution is -2.36. The van der Waals surface area contributed by atoms with E-state index in [0.29, 0.717) is 12.1 Å². The summed E-state index contributed by atoms with van der Waals surface area (Å²) in [4.78, 5) is 2.70. The molecule has 1 saturated heterocycles. The second-order valence-corrected chi connectivity index (χ2v) is 7.19. The molecule has 0 aliphatic carbocycles. The maximum atomic E-state index is 2.70. The summed E-state index contributed by atoms with van der Waals surface area (Å²) in [5.74, 6) is 0. The fraction of sp³-hybridized carbons (Fsp3) is 0.364. The molecule has 2 unspecified atom stereocenters. The van der Waals surface area contributed by atoms with Crippen LogP contribution < -0.4 is 0 Å². The number of aryl methyl sites for hydroxylation is 1. The third kappa shape index (κ3) is 2.87. The first-order valence-electron chi connectivity index (χ1n) is 9.07. The smallest absolute Gasteiger partial charge is 0.0482 e. The summed E-state index contributed by atoms with van der Waals surface area (Å²) >= 11 is 0. The number of fused-ring (bicyclic) bond motifs is 1. The number of hydrogen-bond donors (Lipinski definition) is 0. The highest BCUT2D eigenvalue weighted by Gasteiger charge is 2.31. The molecule has 0 amide bonds. The summed E-state index contributed by atoms with van der Waals surface area (Å²) in [5, 5.41) is 1.36. The van der Waals surface area contributed by atoms with E-state index in [1.807, 2.05) is 0 Å². The van der Waals surface area contributed by atoms with E-state index in [4.69, 9.17) is 0 Å². The van der Waals surface area contributed by atoms with Gasteiger partial charge >= 0.3 is 0 Å². The number of likely N-dealkylation sites (tertiary alicyclic amines) is 1. The number of nitrogens with zero attached hydrogens (tertiary/aromatic N) is 2. The Labute approximate surface area is 144 Å². The van der Waals surface area contributed by atoms with Crippen molar-refractivity contribution in [3.63, 3.8) is 0 Å². The summed E-state index contributed by atoms with van der Waals surface area (Å²) < 4.78 is 2.51. The Hall–Kier alpha value is -2.06. The van der Waals surface area contributed by atoms with E-state index in [0.717, 1.165) is 13.1 Å². The molecule has 1 aromatic heterocycles. The Morgan fingerprint density at radius 2 is 1.71 bits per heavy atom. The van der Waals surface area contributed by atoms with E-state index < -0.39 is 0 Å². The molecule has 3 aromatic rings. The van der Waals surface area contributed by atoms with Gasteiger partial charge in [-0.3, -0.25) is 4.90 Å². The van der Waals surface area contributed by atoms with Gasteiger partial charge in [-0.05, 0) is 49.8 Å². The van der Waals surface area contributed by atoms with Gasteiger partial charge in [-0.15, -0.1) is 0 Å². The zero-order valence-electron chi connectivity index (χ0n) is 14.7. The number of benzene rings is 2. The molecule has 1 aliphatic rings. The lowest BCUT2D eigenvalue weighted by molar-refractivity contribution is 0.179. The average molecular weight is 318 g/mol. The fourth-order valence-corrected chi connectivity index (χ4v) is 4.20. The van der Waals surface area contributed by atoms with Crippen molar-refractivity contribution in [3.05, 3.63) is 71.9 Å². The Morgan fingerprint density at radius 3 is 2.54 bits per heavy atom. The topological polar surface area (TPSA) is 8.17 Å². The van der Waals surface area contributed by atoms with E-state index in [2.05, 4.69) is 84.0 Å². The standard InChI is InChI=1S/C22H26N2/c1-17-12-13-21(23(17)15-19-8-4-3-5-9-19)16-24-18(2)14-20-10-6-7-11-22(20)24/h3-11,14,17,21H,12-13,15-16H2,1-2H3. The van der Waals surface area contributed by atoms with Gasteiger partial charge in [-0.1, -0.05) is 48.5 Å². The van der Waals surface area contributed by atoms with E-state index >= 15 is 0 Å². The van der Waals surface area contributed by atoms with Gasteiger partial charge in [-0.25, -0.2) is 0 Å². The highest BCUT2D eigenvalue weighted by atomic mass is 15.2. The largest absolute Gasteiger partial charge is 0.343 e. The van der Waals surface area contributed by atoms with E-state index in [1.165, 1.54) is 35.0 Å². The van der Waals surface area contributed by atoms with Crippen molar-refractivity contribution in [1.82, 2.24) is 9.47 Å². The Bertz CT molecular complexity index is 818. The van der Waals surface area contributed by atoms with Gasteiger partial charge in [0.2, 0.25) is 0 Å². The van der Waals surface area contributed by atoms with Crippen LogP contribution in [0.5, 0.6) is 0 Å². The van der Waals surface area contributed by atoms with Crippen LogP contribution in [-0.2, 0) is 13.1 Å². The normalized spacial score (nSPS) is 21.6. The molecule has 24 heavy (non-hydrogen) atoms. The summed E-state index contributed by atoms with van der Waals surface area (Å²) in [6.45, 7) is 6.77. The molecular formula is C22H26N2. The summed E-state index contributed by atoms with van der Waals surface area (Å²) in [6, 6.07) is 23.2. The minimum absolute atomic E-state index is 0.620. The molecule has 2 heteroatoms. The molecule has 0 bridgehead atoms. The Morgan fingerprint density at radius 1 is 0.958 bits per heavy atom. The van der Waals surface area contributed by atoms with Crippen molar-refractivity contribution in [2.45, 2.75) is 51.9 Å². The van der Waals surface area contributed by atoms with Crippen LogP contribution in [0.4, 0.5) is 0 Å². The van der Waals surface area contributed by atoms with Crippen LogP contribution in [0.15, 0.2) is 60.7 Å². The quantitative estimate of drug-likeness (QED) is 0.657. The molecule has 0 N–H and O–H groups in total. The molecule has 1 aliphatic heterocycles. The summed E-state index contributed by atoms with van der Waals surface area (Å²) in [7, 11) is 0. The predicted molar refractivity (Wildman–Crippen MR) is 101 cm³/mol. The minimum Gasteiger partial charge on any atom is -0.343 e. The molecule has 4 rings (SSSR count). The molecule has 0 radical (unpaired) electrons. The highest BCUT2D eigenvalue weighted by Crippen LogP contribution is 2.29. The van der Waals surface area contributed by atoms with Gasteiger partial charge in [0, 0.05) is 36.4 Å².